The summed E-state index contributed by atoms with van der Waals surface area (Å²) >= 11 is 0. The number of hydrogen-bond donors (Lipinski definition) is 1. The fourth-order valence-corrected chi connectivity index (χ4v) is 2.98. The molecule has 2 saturated heterocycles. The highest BCUT2D eigenvalue weighted by molar-refractivity contribution is 5.85. The smallest absolute Gasteiger partial charge is 0.225 e. The first kappa shape index (κ1) is 14.8. The Hall–Kier alpha value is -0.280. The van der Waals surface area contributed by atoms with Gasteiger partial charge in [0.2, 0.25) is 5.91 Å². The molecule has 1 amide bonds. The van der Waals surface area contributed by atoms with E-state index in [1.807, 2.05) is 0 Å². The number of hydrogen-bond acceptors (Lipinski definition) is 2. The second-order valence-corrected chi connectivity index (χ2v) is 5.42. The van der Waals surface area contributed by atoms with E-state index in [0.717, 1.165) is 38.4 Å². The summed E-state index contributed by atoms with van der Waals surface area (Å²) in [5.41, 5.74) is 0. The van der Waals surface area contributed by atoms with Crippen LogP contribution in [0.3, 0.4) is 0 Å². The van der Waals surface area contributed by atoms with Crippen LogP contribution in [-0.4, -0.2) is 36.5 Å². The van der Waals surface area contributed by atoms with Crippen molar-refractivity contribution in [2.45, 2.75) is 45.6 Å². The predicted molar refractivity (Wildman–Crippen MR) is 72.4 cm³/mol. The van der Waals surface area contributed by atoms with Crippen molar-refractivity contribution in [2.24, 2.45) is 11.8 Å². The number of amides is 1. The molecule has 2 heterocycles. The number of carbonyl (C=O) groups excluding carboxylic acids is 1. The van der Waals surface area contributed by atoms with Crippen molar-refractivity contribution in [3.05, 3.63) is 0 Å². The monoisotopic (exact) mass is 260 g/mol. The van der Waals surface area contributed by atoms with Gasteiger partial charge in [-0.1, -0.05) is 13.3 Å². The number of halogens is 1. The lowest BCUT2D eigenvalue weighted by Crippen LogP contribution is -2.43. The molecule has 1 N–H and O–H groups in total. The fraction of sp³-hybridized carbons (Fsp3) is 0.923. The molecule has 0 spiro atoms. The zero-order valence-corrected chi connectivity index (χ0v) is 11.8. The molecule has 0 radical (unpaired) electrons. The molecule has 0 aromatic rings. The Balaban J connectivity index is 0.00000144. The number of likely N-dealkylation sites (tertiary alicyclic amines) is 1. The molecule has 2 aliphatic heterocycles. The van der Waals surface area contributed by atoms with Crippen molar-refractivity contribution in [1.82, 2.24) is 10.2 Å². The Morgan fingerprint density at radius 3 is 2.76 bits per heavy atom. The molecule has 4 heteroatoms. The van der Waals surface area contributed by atoms with Crippen LogP contribution < -0.4 is 5.32 Å². The first-order valence-electron chi connectivity index (χ1n) is 6.73. The van der Waals surface area contributed by atoms with Gasteiger partial charge in [-0.25, -0.2) is 0 Å². The van der Waals surface area contributed by atoms with E-state index in [0.29, 0.717) is 11.9 Å². The minimum Gasteiger partial charge on any atom is -0.342 e. The van der Waals surface area contributed by atoms with Gasteiger partial charge in [0.25, 0.3) is 0 Å². The van der Waals surface area contributed by atoms with E-state index >= 15 is 0 Å². The van der Waals surface area contributed by atoms with Crippen LogP contribution in [0.1, 0.15) is 39.5 Å². The highest BCUT2D eigenvalue weighted by Crippen LogP contribution is 2.24. The van der Waals surface area contributed by atoms with E-state index in [-0.39, 0.29) is 18.3 Å². The predicted octanol–water partition coefficient (Wildman–Crippen LogP) is 2.05. The van der Waals surface area contributed by atoms with Crippen LogP contribution in [0, 0.1) is 11.8 Å². The maximum atomic E-state index is 12.3. The molecular weight excluding hydrogens is 236 g/mol. The Labute approximate surface area is 111 Å². The van der Waals surface area contributed by atoms with Crippen molar-refractivity contribution in [1.29, 1.82) is 0 Å². The molecule has 0 aliphatic carbocycles. The molecule has 2 rings (SSSR count). The van der Waals surface area contributed by atoms with Crippen LogP contribution >= 0.6 is 12.4 Å². The van der Waals surface area contributed by atoms with Gasteiger partial charge in [0.15, 0.2) is 0 Å². The third-order valence-electron chi connectivity index (χ3n) is 4.15. The molecule has 0 saturated carbocycles. The van der Waals surface area contributed by atoms with Crippen LogP contribution in [-0.2, 0) is 4.79 Å². The Kier molecular flexibility index (Phi) is 5.74. The lowest BCUT2D eigenvalue weighted by Gasteiger charge is -2.30. The van der Waals surface area contributed by atoms with Crippen LogP contribution in [0.4, 0.5) is 0 Å². The summed E-state index contributed by atoms with van der Waals surface area (Å²) in [5, 5.41) is 3.41. The van der Waals surface area contributed by atoms with Crippen molar-refractivity contribution < 1.29 is 4.79 Å². The van der Waals surface area contributed by atoms with Gasteiger partial charge in [-0.15, -0.1) is 12.4 Å². The molecule has 0 aromatic heterocycles. The summed E-state index contributed by atoms with van der Waals surface area (Å²) in [6.45, 7) is 7.41. The maximum Gasteiger partial charge on any atom is 0.225 e. The van der Waals surface area contributed by atoms with Gasteiger partial charge < -0.3 is 10.2 Å². The van der Waals surface area contributed by atoms with E-state index in [9.17, 15) is 4.79 Å². The summed E-state index contributed by atoms with van der Waals surface area (Å²) in [6.07, 6.45) is 4.47. The summed E-state index contributed by atoms with van der Waals surface area (Å²) in [7, 11) is 0. The second-order valence-electron chi connectivity index (χ2n) is 5.42. The standard InChI is InChI=1S/C13H24N2O.ClH/c1-3-11-5-7-15(9-11)13(16)12-4-6-14-10(2)8-12;/h10-12,14H,3-9H2,1-2H3;1H/t10-,11?,12-;/m0./s1. The van der Waals surface area contributed by atoms with Crippen molar-refractivity contribution in [3.63, 3.8) is 0 Å². The lowest BCUT2D eigenvalue weighted by molar-refractivity contribution is -0.135. The second kappa shape index (κ2) is 6.60. The lowest BCUT2D eigenvalue weighted by atomic mass is 9.92. The molecule has 0 bridgehead atoms. The third-order valence-corrected chi connectivity index (χ3v) is 4.15. The van der Waals surface area contributed by atoms with Gasteiger partial charge in [0, 0.05) is 25.0 Å². The van der Waals surface area contributed by atoms with Gasteiger partial charge in [0.1, 0.15) is 0 Å². The number of piperidine rings is 1. The normalized spacial score (nSPS) is 33.3. The van der Waals surface area contributed by atoms with E-state index in [4.69, 9.17) is 0 Å². The van der Waals surface area contributed by atoms with Crippen molar-refractivity contribution in [3.8, 4) is 0 Å². The van der Waals surface area contributed by atoms with Crippen molar-refractivity contribution in [2.75, 3.05) is 19.6 Å². The molecule has 0 aromatic carbocycles. The zero-order valence-electron chi connectivity index (χ0n) is 10.9. The molecule has 2 fully saturated rings. The molecule has 3 nitrogen and oxygen atoms in total. The average Bonchev–Trinajstić information content (AvgIpc) is 2.76. The summed E-state index contributed by atoms with van der Waals surface area (Å²) in [4.78, 5) is 14.4. The minimum atomic E-state index is 0. The van der Waals surface area contributed by atoms with Crippen LogP contribution in [0.25, 0.3) is 0 Å². The van der Waals surface area contributed by atoms with Gasteiger partial charge in [-0.2, -0.15) is 0 Å². The van der Waals surface area contributed by atoms with Gasteiger partial charge in [0.05, 0.1) is 0 Å². The van der Waals surface area contributed by atoms with Gasteiger partial charge >= 0.3 is 0 Å². The third kappa shape index (κ3) is 3.59. The average molecular weight is 261 g/mol. The highest BCUT2D eigenvalue weighted by atomic mass is 35.5. The zero-order chi connectivity index (χ0) is 11.5. The van der Waals surface area contributed by atoms with Crippen LogP contribution in [0.5, 0.6) is 0 Å². The Morgan fingerprint density at radius 1 is 1.41 bits per heavy atom. The van der Waals surface area contributed by atoms with Crippen molar-refractivity contribution >= 4 is 18.3 Å². The van der Waals surface area contributed by atoms with E-state index in [1.165, 1.54) is 12.8 Å². The molecule has 2 aliphatic rings. The number of carbonyl (C=O) groups is 1. The number of nitrogens with zero attached hydrogens (tertiary/aromatic N) is 1. The highest BCUT2D eigenvalue weighted by Gasteiger charge is 2.32. The Bertz CT molecular complexity index is 260. The van der Waals surface area contributed by atoms with E-state index < -0.39 is 0 Å². The first-order valence-corrected chi connectivity index (χ1v) is 6.73. The van der Waals surface area contributed by atoms with Crippen LogP contribution in [0.15, 0.2) is 0 Å². The molecule has 3 atom stereocenters. The molecular formula is C13H25ClN2O. The first-order chi connectivity index (χ1) is 7.70. The number of nitrogens with one attached hydrogen (secondary N) is 1. The van der Waals surface area contributed by atoms with Crippen LogP contribution in [0.2, 0.25) is 0 Å². The van der Waals surface area contributed by atoms with E-state index in [2.05, 4.69) is 24.1 Å². The maximum absolute atomic E-state index is 12.3. The van der Waals surface area contributed by atoms with Gasteiger partial charge in [-0.05, 0) is 38.6 Å². The quantitative estimate of drug-likeness (QED) is 0.824. The molecule has 17 heavy (non-hydrogen) atoms. The van der Waals surface area contributed by atoms with E-state index in [1.54, 1.807) is 0 Å². The fourth-order valence-electron chi connectivity index (χ4n) is 2.98. The molecule has 1 unspecified atom stereocenters. The van der Waals surface area contributed by atoms with Gasteiger partial charge in [-0.3, -0.25) is 4.79 Å². The summed E-state index contributed by atoms with van der Waals surface area (Å²) < 4.78 is 0. The topological polar surface area (TPSA) is 32.3 Å². The summed E-state index contributed by atoms with van der Waals surface area (Å²) in [6, 6.07) is 0.507. The number of rotatable bonds is 2. The molecule has 100 valence electrons. The Morgan fingerprint density at radius 2 is 2.18 bits per heavy atom. The summed E-state index contributed by atoms with van der Waals surface area (Å²) in [5.74, 6) is 1.46. The SMILES string of the molecule is CCC1CCN(C(=O)[C@H]2CCN[C@@H](C)C2)C1.Cl. The minimum absolute atomic E-state index is 0. The largest absolute Gasteiger partial charge is 0.342 e.